The number of benzene rings is 3. The molecule has 0 aliphatic rings. The molecule has 4 nitrogen and oxygen atoms in total. The summed E-state index contributed by atoms with van der Waals surface area (Å²) in [6.07, 6.45) is 1.39. The maximum Gasteiger partial charge on any atom is 0.251 e. The van der Waals surface area contributed by atoms with Crippen LogP contribution in [0.4, 0.5) is 4.39 Å². The van der Waals surface area contributed by atoms with Crippen LogP contribution in [0.2, 0.25) is 5.02 Å². The quantitative estimate of drug-likeness (QED) is 0.415. The third-order valence-corrected chi connectivity index (χ3v) is 5.24. The predicted octanol–water partition coefficient (Wildman–Crippen LogP) is 5.24. The van der Waals surface area contributed by atoms with Gasteiger partial charge in [-0.05, 0) is 48.9 Å². The number of hydrogen-bond donors (Lipinski definition) is 1. The number of aromatic nitrogens is 2. The Balaban J connectivity index is 1.45. The second-order valence-corrected chi connectivity index (χ2v) is 7.50. The van der Waals surface area contributed by atoms with E-state index >= 15 is 0 Å². The van der Waals surface area contributed by atoms with Crippen LogP contribution in [-0.2, 0) is 13.0 Å². The molecule has 1 N–H and O–H groups in total. The number of fused-ring (bicyclic) bond motifs is 1. The lowest BCUT2D eigenvalue weighted by Crippen LogP contribution is -2.25. The Bertz CT molecular complexity index is 1170. The van der Waals surface area contributed by atoms with E-state index in [1.54, 1.807) is 36.4 Å². The lowest BCUT2D eigenvalue weighted by molar-refractivity contribution is 0.0953. The Labute approximate surface area is 179 Å². The number of nitrogens with zero attached hydrogens (tertiary/aromatic N) is 2. The average Bonchev–Trinajstić information content (AvgIpc) is 3.10. The van der Waals surface area contributed by atoms with Crippen molar-refractivity contribution in [3.05, 3.63) is 101 Å². The van der Waals surface area contributed by atoms with E-state index in [4.69, 9.17) is 16.6 Å². The molecule has 3 aromatic carbocycles. The third-order valence-electron chi connectivity index (χ3n) is 4.99. The Morgan fingerprint density at radius 2 is 1.73 bits per heavy atom. The van der Waals surface area contributed by atoms with E-state index in [0.717, 1.165) is 23.3 Å². The molecule has 1 aromatic heterocycles. The molecule has 152 valence electrons. The number of aryl methyl sites for hydroxylation is 1. The summed E-state index contributed by atoms with van der Waals surface area (Å²) in [5.74, 6) is 0.517. The van der Waals surface area contributed by atoms with Crippen molar-refractivity contribution in [2.45, 2.75) is 19.4 Å². The highest BCUT2D eigenvalue weighted by Crippen LogP contribution is 2.20. The summed E-state index contributed by atoms with van der Waals surface area (Å²) >= 11 is 5.86. The van der Waals surface area contributed by atoms with Crippen LogP contribution in [-0.4, -0.2) is 22.0 Å². The smallest absolute Gasteiger partial charge is 0.251 e. The first-order valence-corrected chi connectivity index (χ1v) is 10.2. The summed E-state index contributed by atoms with van der Waals surface area (Å²) in [5.41, 5.74) is 3.05. The molecular weight excluding hydrogens is 401 g/mol. The fourth-order valence-electron chi connectivity index (χ4n) is 3.44. The number of halogens is 2. The maximum absolute atomic E-state index is 14.2. The van der Waals surface area contributed by atoms with Gasteiger partial charge in [0.05, 0.1) is 17.6 Å². The van der Waals surface area contributed by atoms with Gasteiger partial charge in [0.25, 0.3) is 5.91 Å². The Morgan fingerprint density at radius 1 is 1.00 bits per heavy atom. The van der Waals surface area contributed by atoms with E-state index in [-0.39, 0.29) is 11.7 Å². The van der Waals surface area contributed by atoms with Gasteiger partial charge in [0.1, 0.15) is 11.6 Å². The summed E-state index contributed by atoms with van der Waals surface area (Å²) in [4.78, 5) is 17.0. The van der Waals surface area contributed by atoms with E-state index in [0.29, 0.717) is 35.7 Å². The van der Waals surface area contributed by atoms with Crippen molar-refractivity contribution in [1.29, 1.82) is 0 Å². The lowest BCUT2D eigenvalue weighted by Gasteiger charge is -2.11. The van der Waals surface area contributed by atoms with Crippen molar-refractivity contribution in [1.82, 2.24) is 14.9 Å². The lowest BCUT2D eigenvalue weighted by atomic mass is 10.2. The van der Waals surface area contributed by atoms with Gasteiger partial charge < -0.3 is 9.88 Å². The molecule has 0 spiro atoms. The number of nitrogens with one attached hydrogen (secondary N) is 1. The van der Waals surface area contributed by atoms with Gasteiger partial charge in [0.15, 0.2) is 0 Å². The van der Waals surface area contributed by atoms with Crippen molar-refractivity contribution >= 4 is 28.5 Å². The SMILES string of the molecule is O=C(NCCCc1nc2ccccc2n1Cc1ccccc1F)c1ccc(Cl)cc1. The molecule has 0 bridgehead atoms. The molecule has 4 aromatic rings. The number of carbonyl (C=O) groups excluding carboxylic acids is 1. The number of carbonyl (C=O) groups is 1. The van der Waals surface area contributed by atoms with Crippen LogP contribution in [0.3, 0.4) is 0 Å². The van der Waals surface area contributed by atoms with Crippen molar-refractivity contribution in [3.63, 3.8) is 0 Å². The van der Waals surface area contributed by atoms with Crippen LogP contribution in [0.5, 0.6) is 0 Å². The largest absolute Gasteiger partial charge is 0.352 e. The molecule has 4 rings (SSSR count). The molecule has 0 saturated carbocycles. The van der Waals surface area contributed by atoms with E-state index in [1.807, 2.05) is 30.3 Å². The van der Waals surface area contributed by atoms with Gasteiger partial charge in [-0.2, -0.15) is 0 Å². The Kier molecular flexibility index (Phi) is 6.10. The standard InChI is InChI=1S/C24H21ClFN3O/c25-19-13-11-17(12-14-19)24(30)27-15-5-10-23-28-21-8-3-4-9-22(21)29(23)16-18-6-1-2-7-20(18)26/h1-4,6-9,11-14H,5,10,15-16H2,(H,27,30). The van der Waals surface area contributed by atoms with Gasteiger partial charge in [0.2, 0.25) is 0 Å². The van der Waals surface area contributed by atoms with Gasteiger partial charge in [-0.15, -0.1) is 0 Å². The van der Waals surface area contributed by atoms with Gasteiger partial charge in [0, 0.05) is 29.1 Å². The van der Waals surface area contributed by atoms with Gasteiger partial charge in [-0.3, -0.25) is 4.79 Å². The minimum Gasteiger partial charge on any atom is -0.352 e. The van der Waals surface area contributed by atoms with Crippen LogP contribution in [0, 0.1) is 5.82 Å². The van der Waals surface area contributed by atoms with Crippen LogP contribution in [0.1, 0.15) is 28.2 Å². The number of hydrogen-bond acceptors (Lipinski definition) is 2. The monoisotopic (exact) mass is 421 g/mol. The minimum absolute atomic E-state index is 0.133. The van der Waals surface area contributed by atoms with Crippen molar-refractivity contribution in [3.8, 4) is 0 Å². The van der Waals surface area contributed by atoms with Gasteiger partial charge in [-0.1, -0.05) is 41.9 Å². The molecule has 0 unspecified atom stereocenters. The predicted molar refractivity (Wildman–Crippen MR) is 117 cm³/mol. The summed E-state index contributed by atoms with van der Waals surface area (Å²) in [6, 6.07) is 21.4. The molecule has 0 fully saturated rings. The molecule has 0 atom stereocenters. The van der Waals surface area contributed by atoms with E-state index in [2.05, 4.69) is 9.88 Å². The van der Waals surface area contributed by atoms with Crippen molar-refractivity contribution < 1.29 is 9.18 Å². The van der Waals surface area contributed by atoms with Gasteiger partial charge in [-0.25, -0.2) is 9.37 Å². The highest BCUT2D eigenvalue weighted by molar-refractivity contribution is 6.30. The Hall–Kier alpha value is -3.18. The maximum atomic E-state index is 14.2. The highest BCUT2D eigenvalue weighted by atomic mass is 35.5. The average molecular weight is 422 g/mol. The zero-order chi connectivity index (χ0) is 20.9. The Morgan fingerprint density at radius 3 is 2.53 bits per heavy atom. The van der Waals surface area contributed by atoms with Crippen LogP contribution in [0.15, 0.2) is 72.8 Å². The zero-order valence-corrected chi connectivity index (χ0v) is 17.1. The summed E-state index contributed by atoms with van der Waals surface area (Å²) in [7, 11) is 0. The number of para-hydroxylation sites is 2. The third kappa shape index (κ3) is 4.52. The molecule has 0 aliphatic heterocycles. The summed E-state index contributed by atoms with van der Waals surface area (Å²) in [6.45, 7) is 0.935. The molecule has 6 heteroatoms. The second kappa shape index (κ2) is 9.09. The first kappa shape index (κ1) is 20.1. The van der Waals surface area contributed by atoms with E-state index in [1.165, 1.54) is 6.07 Å². The zero-order valence-electron chi connectivity index (χ0n) is 16.3. The number of imidazole rings is 1. The van der Waals surface area contributed by atoms with Crippen LogP contribution >= 0.6 is 11.6 Å². The highest BCUT2D eigenvalue weighted by Gasteiger charge is 2.13. The molecular formula is C24H21ClFN3O. The molecule has 1 heterocycles. The first-order valence-electron chi connectivity index (χ1n) is 9.83. The molecule has 1 amide bonds. The number of rotatable bonds is 7. The van der Waals surface area contributed by atoms with Crippen molar-refractivity contribution in [2.24, 2.45) is 0 Å². The second-order valence-electron chi connectivity index (χ2n) is 7.06. The van der Waals surface area contributed by atoms with Crippen LogP contribution in [0.25, 0.3) is 11.0 Å². The fraction of sp³-hybridized carbons (Fsp3) is 0.167. The number of amides is 1. The van der Waals surface area contributed by atoms with E-state index in [9.17, 15) is 9.18 Å². The topological polar surface area (TPSA) is 46.9 Å². The van der Waals surface area contributed by atoms with Gasteiger partial charge >= 0.3 is 0 Å². The molecule has 0 aliphatic carbocycles. The normalized spacial score (nSPS) is 11.0. The summed E-state index contributed by atoms with van der Waals surface area (Å²) < 4.78 is 16.3. The van der Waals surface area contributed by atoms with E-state index < -0.39 is 0 Å². The van der Waals surface area contributed by atoms with Crippen molar-refractivity contribution in [2.75, 3.05) is 6.54 Å². The first-order chi connectivity index (χ1) is 14.6. The minimum atomic E-state index is -0.226. The fourth-order valence-corrected chi connectivity index (χ4v) is 3.57. The molecule has 30 heavy (non-hydrogen) atoms. The summed E-state index contributed by atoms with van der Waals surface area (Å²) in [5, 5.41) is 3.52. The van der Waals surface area contributed by atoms with Crippen LogP contribution < -0.4 is 5.32 Å². The molecule has 0 saturated heterocycles. The molecule has 0 radical (unpaired) electrons.